The summed E-state index contributed by atoms with van der Waals surface area (Å²) in [5, 5.41) is 12.6. The number of benzene rings is 2. The van der Waals surface area contributed by atoms with E-state index < -0.39 is 0 Å². The highest BCUT2D eigenvalue weighted by Gasteiger charge is 2.10. The number of nitrogen functional groups attached to an aromatic ring is 1. The van der Waals surface area contributed by atoms with Gasteiger partial charge in [-0.05, 0) is 53.6 Å². The van der Waals surface area contributed by atoms with Gasteiger partial charge < -0.3 is 5.73 Å². The SMILES string of the molecule is Cc1cc(-n2nnc(-c3ccccn3)n2)ccc1-c1ccccc1N. The Morgan fingerprint density at radius 2 is 1.76 bits per heavy atom. The number of rotatable bonds is 3. The van der Waals surface area contributed by atoms with Crippen molar-refractivity contribution in [2.75, 3.05) is 5.73 Å². The second kappa shape index (κ2) is 6.16. The highest BCUT2D eigenvalue weighted by molar-refractivity contribution is 5.78. The number of nitrogens with zero attached hydrogens (tertiary/aromatic N) is 5. The van der Waals surface area contributed by atoms with Crippen molar-refractivity contribution in [3.05, 3.63) is 72.4 Å². The molecule has 0 aliphatic carbocycles. The summed E-state index contributed by atoms with van der Waals surface area (Å²) in [6, 6.07) is 19.4. The van der Waals surface area contributed by atoms with E-state index in [0.29, 0.717) is 11.5 Å². The molecule has 6 heteroatoms. The highest BCUT2D eigenvalue weighted by atomic mass is 15.6. The molecule has 0 saturated heterocycles. The van der Waals surface area contributed by atoms with Crippen LogP contribution in [-0.2, 0) is 0 Å². The molecule has 0 radical (unpaired) electrons. The Kier molecular flexibility index (Phi) is 3.70. The van der Waals surface area contributed by atoms with Crippen LogP contribution in [-0.4, -0.2) is 25.2 Å². The van der Waals surface area contributed by atoms with E-state index in [1.165, 1.54) is 4.80 Å². The van der Waals surface area contributed by atoms with Crippen LogP contribution >= 0.6 is 0 Å². The first-order valence-corrected chi connectivity index (χ1v) is 7.90. The molecule has 0 aliphatic heterocycles. The number of nitrogens with two attached hydrogens (primary N) is 1. The lowest BCUT2D eigenvalue weighted by molar-refractivity contribution is 0.719. The van der Waals surface area contributed by atoms with Crippen LogP contribution in [0.3, 0.4) is 0 Å². The quantitative estimate of drug-likeness (QED) is 0.584. The molecule has 122 valence electrons. The molecule has 4 rings (SSSR count). The van der Waals surface area contributed by atoms with Gasteiger partial charge in [-0.15, -0.1) is 15.0 Å². The van der Waals surface area contributed by atoms with Crippen LogP contribution in [0.2, 0.25) is 0 Å². The summed E-state index contributed by atoms with van der Waals surface area (Å²) in [4.78, 5) is 5.75. The van der Waals surface area contributed by atoms with E-state index >= 15 is 0 Å². The fourth-order valence-electron chi connectivity index (χ4n) is 2.74. The number of para-hydroxylation sites is 1. The molecule has 0 unspecified atom stereocenters. The predicted molar refractivity (Wildman–Crippen MR) is 97.0 cm³/mol. The van der Waals surface area contributed by atoms with E-state index in [1.54, 1.807) is 6.20 Å². The Balaban J connectivity index is 1.70. The first-order valence-electron chi connectivity index (χ1n) is 7.90. The number of aryl methyl sites for hydroxylation is 1. The van der Waals surface area contributed by atoms with Crippen molar-refractivity contribution in [1.82, 2.24) is 25.2 Å². The van der Waals surface area contributed by atoms with Crippen molar-refractivity contribution in [3.8, 4) is 28.3 Å². The third-order valence-electron chi connectivity index (χ3n) is 4.00. The average Bonchev–Trinajstić information content (AvgIpc) is 3.13. The lowest BCUT2D eigenvalue weighted by atomic mass is 9.99. The maximum absolute atomic E-state index is 6.09. The van der Waals surface area contributed by atoms with Gasteiger partial charge in [-0.1, -0.05) is 30.3 Å². The van der Waals surface area contributed by atoms with Crippen molar-refractivity contribution in [3.63, 3.8) is 0 Å². The fourth-order valence-corrected chi connectivity index (χ4v) is 2.74. The first-order chi connectivity index (χ1) is 12.2. The molecule has 0 saturated carbocycles. The minimum atomic E-state index is 0.495. The zero-order valence-electron chi connectivity index (χ0n) is 13.7. The summed E-state index contributed by atoms with van der Waals surface area (Å²) in [5.41, 5.74) is 11.6. The van der Waals surface area contributed by atoms with Gasteiger partial charge in [-0.3, -0.25) is 4.98 Å². The van der Waals surface area contributed by atoms with Crippen LogP contribution in [0.15, 0.2) is 66.9 Å². The zero-order valence-corrected chi connectivity index (χ0v) is 13.7. The van der Waals surface area contributed by atoms with Crippen LogP contribution in [0.25, 0.3) is 28.3 Å². The number of hydrogen-bond acceptors (Lipinski definition) is 5. The maximum atomic E-state index is 6.09. The molecule has 2 heterocycles. The predicted octanol–water partition coefficient (Wildman–Crippen LogP) is 3.28. The molecule has 0 aliphatic rings. The monoisotopic (exact) mass is 328 g/mol. The second-order valence-electron chi connectivity index (χ2n) is 5.70. The molecular formula is C19H16N6. The summed E-state index contributed by atoms with van der Waals surface area (Å²) < 4.78 is 0. The molecule has 0 atom stereocenters. The summed E-state index contributed by atoms with van der Waals surface area (Å²) in [6.07, 6.45) is 1.71. The van der Waals surface area contributed by atoms with E-state index in [-0.39, 0.29) is 0 Å². The highest BCUT2D eigenvalue weighted by Crippen LogP contribution is 2.29. The standard InChI is InChI=1S/C19H16N6/c1-13-12-14(9-10-15(13)16-6-2-3-7-17(16)20)25-23-19(22-24-25)18-8-4-5-11-21-18/h2-12H,20H2,1H3. The second-order valence-corrected chi connectivity index (χ2v) is 5.70. The molecule has 0 amide bonds. The van der Waals surface area contributed by atoms with Gasteiger partial charge in [-0.2, -0.15) is 0 Å². The number of anilines is 1. The van der Waals surface area contributed by atoms with Crippen molar-refractivity contribution < 1.29 is 0 Å². The van der Waals surface area contributed by atoms with E-state index in [9.17, 15) is 0 Å². The lowest BCUT2D eigenvalue weighted by Gasteiger charge is -2.10. The molecule has 2 aromatic heterocycles. The molecule has 6 nitrogen and oxygen atoms in total. The average molecular weight is 328 g/mol. The molecule has 2 aromatic carbocycles. The molecule has 4 aromatic rings. The minimum Gasteiger partial charge on any atom is -0.398 e. The molecule has 0 bridgehead atoms. The summed E-state index contributed by atoms with van der Waals surface area (Å²) in [6.45, 7) is 2.04. The first kappa shape index (κ1) is 15.0. The van der Waals surface area contributed by atoms with Crippen LogP contribution in [0, 0.1) is 6.92 Å². The number of hydrogen-bond donors (Lipinski definition) is 1. The lowest BCUT2D eigenvalue weighted by Crippen LogP contribution is -2.00. The van der Waals surface area contributed by atoms with Crippen molar-refractivity contribution in [2.45, 2.75) is 6.92 Å². The van der Waals surface area contributed by atoms with E-state index in [0.717, 1.165) is 28.1 Å². The molecule has 0 fully saturated rings. The third kappa shape index (κ3) is 2.85. The van der Waals surface area contributed by atoms with Gasteiger partial charge in [-0.25, -0.2) is 0 Å². The largest absolute Gasteiger partial charge is 0.398 e. The minimum absolute atomic E-state index is 0.495. The third-order valence-corrected chi connectivity index (χ3v) is 4.00. The molecule has 0 spiro atoms. The molecular weight excluding hydrogens is 312 g/mol. The maximum Gasteiger partial charge on any atom is 0.223 e. The van der Waals surface area contributed by atoms with E-state index in [2.05, 4.69) is 20.4 Å². The Hall–Kier alpha value is -3.54. The zero-order chi connectivity index (χ0) is 17.2. The van der Waals surface area contributed by atoms with Gasteiger partial charge in [0.2, 0.25) is 5.82 Å². The summed E-state index contributed by atoms with van der Waals surface area (Å²) in [5.74, 6) is 0.495. The van der Waals surface area contributed by atoms with Gasteiger partial charge in [0, 0.05) is 17.4 Å². The van der Waals surface area contributed by atoms with Crippen LogP contribution in [0.5, 0.6) is 0 Å². The van der Waals surface area contributed by atoms with Gasteiger partial charge in [0.05, 0.1) is 5.69 Å². The Labute approximate surface area is 145 Å². The smallest absolute Gasteiger partial charge is 0.223 e. The van der Waals surface area contributed by atoms with Crippen molar-refractivity contribution in [2.24, 2.45) is 0 Å². The van der Waals surface area contributed by atoms with Crippen molar-refractivity contribution >= 4 is 5.69 Å². The van der Waals surface area contributed by atoms with Gasteiger partial charge in [0.1, 0.15) is 5.69 Å². The Morgan fingerprint density at radius 3 is 2.52 bits per heavy atom. The van der Waals surface area contributed by atoms with Crippen LogP contribution in [0.4, 0.5) is 5.69 Å². The molecule has 2 N–H and O–H groups in total. The molecule has 25 heavy (non-hydrogen) atoms. The Morgan fingerprint density at radius 1 is 0.920 bits per heavy atom. The summed E-state index contributed by atoms with van der Waals surface area (Å²) in [7, 11) is 0. The van der Waals surface area contributed by atoms with Gasteiger partial charge in [0.25, 0.3) is 0 Å². The fraction of sp³-hybridized carbons (Fsp3) is 0.0526. The topological polar surface area (TPSA) is 82.5 Å². The number of aromatic nitrogens is 5. The van der Waals surface area contributed by atoms with E-state index in [4.69, 9.17) is 5.73 Å². The van der Waals surface area contributed by atoms with Crippen LogP contribution < -0.4 is 5.73 Å². The normalized spacial score (nSPS) is 10.8. The Bertz CT molecular complexity index is 1020. The van der Waals surface area contributed by atoms with Gasteiger partial charge >= 0.3 is 0 Å². The van der Waals surface area contributed by atoms with Gasteiger partial charge in [0.15, 0.2) is 0 Å². The number of tetrazole rings is 1. The van der Waals surface area contributed by atoms with Crippen LogP contribution in [0.1, 0.15) is 5.56 Å². The van der Waals surface area contributed by atoms with E-state index in [1.807, 2.05) is 67.6 Å². The summed E-state index contributed by atoms with van der Waals surface area (Å²) >= 11 is 0. The van der Waals surface area contributed by atoms with Crippen molar-refractivity contribution in [1.29, 1.82) is 0 Å². The number of pyridine rings is 1.